The molecule has 0 spiro atoms. The van der Waals surface area contributed by atoms with E-state index in [1.807, 2.05) is 0 Å². The molecule has 0 aromatic rings. The minimum absolute atomic E-state index is 0.322. The molecule has 3 heteroatoms. The third-order valence-corrected chi connectivity index (χ3v) is 5.88. The maximum atomic E-state index is 12.9. The van der Waals surface area contributed by atoms with E-state index in [4.69, 9.17) is 0 Å². The summed E-state index contributed by atoms with van der Waals surface area (Å²) in [6.45, 7) is 7.67. The van der Waals surface area contributed by atoms with Gasteiger partial charge >= 0.3 is 0 Å². The lowest BCUT2D eigenvalue weighted by molar-refractivity contribution is -0.147. The summed E-state index contributed by atoms with van der Waals surface area (Å²) in [6, 6.07) is 0.365. The van der Waals surface area contributed by atoms with E-state index in [1.54, 1.807) is 0 Å². The Morgan fingerprint density at radius 2 is 1.86 bits per heavy atom. The zero-order valence-electron chi connectivity index (χ0n) is 14.6. The molecule has 1 heterocycles. The highest BCUT2D eigenvalue weighted by molar-refractivity contribution is 6.11. The molecule has 120 valence electrons. The van der Waals surface area contributed by atoms with Crippen LogP contribution in [0.1, 0.15) is 72.1 Å². The van der Waals surface area contributed by atoms with Crippen LogP contribution in [0.4, 0.5) is 0 Å². The number of likely N-dealkylation sites (tertiary alicyclic amines) is 1. The SMILES string of the molecule is BC1CCCC2C(=O)N(C(C)C)CC(CCC)C2CCC1. The number of hydrogen-bond acceptors (Lipinski definition) is 1. The van der Waals surface area contributed by atoms with E-state index in [1.165, 1.54) is 44.9 Å². The van der Waals surface area contributed by atoms with Crippen LogP contribution in [0, 0.1) is 17.8 Å². The van der Waals surface area contributed by atoms with Gasteiger partial charge in [-0.05, 0) is 44.9 Å². The molecule has 1 saturated heterocycles. The second kappa shape index (κ2) is 7.69. The molecule has 0 N–H and O–H groups in total. The van der Waals surface area contributed by atoms with E-state index in [0.717, 1.165) is 24.7 Å². The number of piperidine rings is 1. The van der Waals surface area contributed by atoms with Gasteiger partial charge in [-0.25, -0.2) is 0 Å². The van der Waals surface area contributed by atoms with Crippen LogP contribution in [0.5, 0.6) is 0 Å². The maximum absolute atomic E-state index is 12.9. The topological polar surface area (TPSA) is 20.3 Å². The molecular weight excluding hydrogens is 257 g/mol. The summed E-state index contributed by atoms with van der Waals surface area (Å²) in [4.78, 5) is 15.1. The Balaban J connectivity index is 2.18. The van der Waals surface area contributed by atoms with Crippen molar-refractivity contribution in [3.8, 4) is 0 Å². The van der Waals surface area contributed by atoms with Crippen LogP contribution < -0.4 is 0 Å². The zero-order valence-corrected chi connectivity index (χ0v) is 14.6. The Bertz CT molecular complexity index is 344. The predicted octanol–water partition coefficient (Wildman–Crippen LogP) is 3.66. The number of fused-ring (bicyclic) bond motifs is 1. The number of hydrogen-bond donors (Lipinski definition) is 0. The van der Waals surface area contributed by atoms with Crippen molar-refractivity contribution in [1.82, 2.24) is 4.90 Å². The van der Waals surface area contributed by atoms with Crippen molar-refractivity contribution in [2.45, 2.75) is 84.0 Å². The molecule has 21 heavy (non-hydrogen) atoms. The fourth-order valence-electron chi connectivity index (χ4n) is 4.65. The van der Waals surface area contributed by atoms with Crippen molar-refractivity contribution >= 4 is 13.8 Å². The van der Waals surface area contributed by atoms with Crippen LogP contribution in [0.15, 0.2) is 0 Å². The first-order valence-corrected chi connectivity index (χ1v) is 9.35. The smallest absolute Gasteiger partial charge is 0.226 e. The Kier molecular flexibility index (Phi) is 6.19. The normalized spacial score (nSPS) is 35.0. The number of carbonyl (C=O) groups is 1. The number of nitrogens with zero attached hydrogens (tertiary/aromatic N) is 1. The van der Waals surface area contributed by atoms with Crippen molar-refractivity contribution < 1.29 is 4.79 Å². The summed E-state index contributed by atoms with van der Waals surface area (Å²) in [5.74, 6) is 3.05. The highest BCUT2D eigenvalue weighted by Gasteiger charge is 2.42. The molecule has 0 aromatic carbocycles. The molecule has 4 atom stereocenters. The Labute approximate surface area is 132 Å². The minimum Gasteiger partial charge on any atom is -0.340 e. The molecule has 1 aliphatic carbocycles. The third kappa shape index (κ3) is 4.04. The van der Waals surface area contributed by atoms with Gasteiger partial charge in [0, 0.05) is 18.5 Å². The number of carbonyl (C=O) groups excluding carboxylic acids is 1. The summed E-state index contributed by atoms with van der Waals surface area (Å²) >= 11 is 0. The molecule has 2 aliphatic rings. The summed E-state index contributed by atoms with van der Waals surface area (Å²) in [6.07, 6.45) is 10.2. The van der Waals surface area contributed by atoms with E-state index in [2.05, 4.69) is 33.5 Å². The van der Waals surface area contributed by atoms with Gasteiger partial charge in [0.25, 0.3) is 0 Å². The molecule has 1 amide bonds. The molecule has 2 rings (SSSR count). The van der Waals surface area contributed by atoms with Gasteiger partial charge in [-0.3, -0.25) is 4.79 Å². The fourth-order valence-corrected chi connectivity index (χ4v) is 4.65. The van der Waals surface area contributed by atoms with Gasteiger partial charge < -0.3 is 4.90 Å². The van der Waals surface area contributed by atoms with Crippen LogP contribution >= 0.6 is 0 Å². The second-order valence-corrected chi connectivity index (χ2v) is 7.87. The highest BCUT2D eigenvalue weighted by Crippen LogP contribution is 2.41. The van der Waals surface area contributed by atoms with Crippen molar-refractivity contribution in [3.05, 3.63) is 0 Å². The molecule has 1 saturated carbocycles. The molecule has 0 radical (unpaired) electrons. The summed E-state index contributed by atoms with van der Waals surface area (Å²) in [7, 11) is 2.39. The van der Waals surface area contributed by atoms with E-state index >= 15 is 0 Å². The first-order valence-electron chi connectivity index (χ1n) is 9.35. The first kappa shape index (κ1) is 16.9. The average molecular weight is 291 g/mol. The molecule has 1 aliphatic heterocycles. The number of rotatable bonds is 3. The molecule has 2 nitrogen and oxygen atoms in total. The Morgan fingerprint density at radius 1 is 1.19 bits per heavy atom. The Morgan fingerprint density at radius 3 is 2.48 bits per heavy atom. The quantitative estimate of drug-likeness (QED) is 0.727. The van der Waals surface area contributed by atoms with Crippen LogP contribution in [0.25, 0.3) is 0 Å². The van der Waals surface area contributed by atoms with Crippen LogP contribution in [-0.2, 0) is 4.79 Å². The lowest BCUT2D eigenvalue weighted by atomic mass is 9.71. The molecule has 0 aromatic heterocycles. The number of amides is 1. The average Bonchev–Trinajstić information content (AvgIpc) is 2.52. The minimum atomic E-state index is 0.322. The molecular formula is C18H34BNO. The van der Waals surface area contributed by atoms with Crippen molar-refractivity contribution in [2.75, 3.05) is 6.54 Å². The van der Waals surface area contributed by atoms with E-state index < -0.39 is 0 Å². The molecule has 2 fully saturated rings. The van der Waals surface area contributed by atoms with Gasteiger partial charge in [0.05, 0.1) is 0 Å². The summed E-state index contributed by atoms with van der Waals surface area (Å²) < 4.78 is 0. The van der Waals surface area contributed by atoms with Crippen LogP contribution in [0.3, 0.4) is 0 Å². The van der Waals surface area contributed by atoms with E-state index in [0.29, 0.717) is 23.8 Å². The zero-order chi connectivity index (χ0) is 15.4. The first-order chi connectivity index (χ1) is 10.0. The third-order valence-electron chi connectivity index (χ3n) is 5.88. The van der Waals surface area contributed by atoms with Crippen LogP contribution in [0.2, 0.25) is 5.82 Å². The van der Waals surface area contributed by atoms with Gasteiger partial charge in [0.15, 0.2) is 0 Å². The fraction of sp³-hybridized carbons (Fsp3) is 0.944. The van der Waals surface area contributed by atoms with Crippen molar-refractivity contribution in [3.63, 3.8) is 0 Å². The molecule has 0 bridgehead atoms. The van der Waals surface area contributed by atoms with Crippen molar-refractivity contribution in [1.29, 1.82) is 0 Å². The Hall–Kier alpha value is -0.465. The molecule has 4 unspecified atom stereocenters. The van der Waals surface area contributed by atoms with E-state index in [9.17, 15) is 4.79 Å². The van der Waals surface area contributed by atoms with E-state index in [-0.39, 0.29) is 0 Å². The van der Waals surface area contributed by atoms with Crippen molar-refractivity contribution in [2.24, 2.45) is 17.8 Å². The lowest BCUT2D eigenvalue weighted by Gasteiger charge is -2.45. The standard InChI is InChI=1S/C18H34BNO/c1-4-7-14-12-20(13(2)3)18(21)17-11-6-9-15(19)8-5-10-16(14)17/h13-17H,4-12,19H2,1-3H3. The maximum Gasteiger partial charge on any atom is 0.226 e. The monoisotopic (exact) mass is 291 g/mol. The van der Waals surface area contributed by atoms with Gasteiger partial charge in [-0.2, -0.15) is 0 Å². The summed E-state index contributed by atoms with van der Waals surface area (Å²) in [5, 5.41) is 0. The van der Waals surface area contributed by atoms with Crippen LogP contribution in [-0.4, -0.2) is 31.2 Å². The lowest BCUT2D eigenvalue weighted by Crippen LogP contribution is -2.52. The second-order valence-electron chi connectivity index (χ2n) is 7.87. The summed E-state index contributed by atoms with van der Waals surface area (Å²) in [5.41, 5.74) is 0. The highest BCUT2D eigenvalue weighted by atomic mass is 16.2. The predicted molar refractivity (Wildman–Crippen MR) is 92.2 cm³/mol. The van der Waals surface area contributed by atoms with Gasteiger partial charge in [-0.15, -0.1) is 0 Å². The largest absolute Gasteiger partial charge is 0.340 e. The van der Waals surface area contributed by atoms with Gasteiger partial charge in [-0.1, -0.05) is 44.8 Å². The van der Waals surface area contributed by atoms with Gasteiger partial charge in [0.2, 0.25) is 5.91 Å². The van der Waals surface area contributed by atoms with Gasteiger partial charge in [0.1, 0.15) is 7.85 Å².